The molecule has 1 N–H and O–H groups in total. The van der Waals surface area contributed by atoms with E-state index < -0.39 is 0 Å². The van der Waals surface area contributed by atoms with Crippen molar-refractivity contribution in [2.75, 3.05) is 13.2 Å². The van der Waals surface area contributed by atoms with Crippen LogP contribution in [0.2, 0.25) is 0 Å². The summed E-state index contributed by atoms with van der Waals surface area (Å²) >= 11 is 0. The molecule has 0 amide bonds. The van der Waals surface area contributed by atoms with E-state index >= 15 is 0 Å². The summed E-state index contributed by atoms with van der Waals surface area (Å²) in [6, 6.07) is 7.11. The highest BCUT2D eigenvalue weighted by atomic mass is 16.6. The van der Waals surface area contributed by atoms with Gasteiger partial charge >= 0.3 is 5.97 Å². The fourth-order valence-corrected chi connectivity index (χ4v) is 1.84. The number of ether oxygens (including phenoxy) is 2. The van der Waals surface area contributed by atoms with Gasteiger partial charge < -0.3 is 14.6 Å². The van der Waals surface area contributed by atoms with Gasteiger partial charge in [0.25, 0.3) is 0 Å². The molecule has 1 aromatic carbocycles. The van der Waals surface area contributed by atoms with Gasteiger partial charge in [0.2, 0.25) is 0 Å². The standard InChI is InChI=1S/C15H17NO4.C3H6/c1-2-14(18)20-9-8-19-10-11-5-6-13(17)15-12(11)4-3-7-16-15;1-3-2/h3-7,17H,2,8-10H2,1H3;3H,1H2,2H3. The summed E-state index contributed by atoms with van der Waals surface area (Å²) in [5.41, 5.74) is 1.50. The third-order valence-corrected chi connectivity index (χ3v) is 2.88. The normalized spacial score (nSPS) is 9.83. The Morgan fingerprint density at radius 3 is 2.78 bits per heavy atom. The van der Waals surface area contributed by atoms with Crippen molar-refractivity contribution in [2.45, 2.75) is 26.9 Å². The first-order chi connectivity index (χ1) is 11.1. The van der Waals surface area contributed by atoms with Crippen molar-refractivity contribution in [3.63, 3.8) is 0 Å². The molecule has 0 bridgehead atoms. The second-order valence-corrected chi connectivity index (χ2v) is 4.68. The third kappa shape index (κ3) is 6.08. The van der Waals surface area contributed by atoms with Gasteiger partial charge in [-0.25, -0.2) is 0 Å². The summed E-state index contributed by atoms with van der Waals surface area (Å²) in [4.78, 5) is 15.1. The average molecular weight is 317 g/mol. The SMILES string of the molecule is C=CC.CCC(=O)OCCOCc1ccc(O)c2ncccc12. The fourth-order valence-electron chi connectivity index (χ4n) is 1.84. The lowest BCUT2D eigenvalue weighted by Crippen LogP contribution is -2.09. The molecule has 0 radical (unpaired) electrons. The van der Waals surface area contributed by atoms with Crippen molar-refractivity contribution >= 4 is 16.9 Å². The van der Waals surface area contributed by atoms with Crippen LogP contribution in [0.4, 0.5) is 0 Å². The number of esters is 1. The number of phenolic OH excluding ortho intramolecular Hbond substituents is 1. The molecular weight excluding hydrogens is 294 g/mol. The number of allylic oxidation sites excluding steroid dienone is 1. The third-order valence-electron chi connectivity index (χ3n) is 2.88. The van der Waals surface area contributed by atoms with Gasteiger partial charge in [-0.05, 0) is 24.6 Å². The molecule has 0 aliphatic heterocycles. The summed E-state index contributed by atoms with van der Waals surface area (Å²) < 4.78 is 10.4. The monoisotopic (exact) mass is 317 g/mol. The molecular formula is C18H23NO4. The van der Waals surface area contributed by atoms with Gasteiger partial charge in [-0.1, -0.05) is 25.1 Å². The molecule has 1 heterocycles. The van der Waals surface area contributed by atoms with Crippen molar-refractivity contribution in [3.8, 4) is 5.75 Å². The summed E-state index contributed by atoms with van der Waals surface area (Å²) in [6.07, 6.45) is 3.76. The maximum absolute atomic E-state index is 10.9. The van der Waals surface area contributed by atoms with Gasteiger partial charge in [-0.15, -0.1) is 6.58 Å². The van der Waals surface area contributed by atoms with Gasteiger partial charge in [0.05, 0.1) is 13.2 Å². The Morgan fingerprint density at radius 1 is 1.35 bits per heavy atom. The van der Waals surface area contributed by atoms with Gasteiger partial charge in [0, 0.05) is 18.0 Å². The van der Waals surface area contributed by atoms with Crippen LogP contribution < -0.4 is 0 Å². The molecule has 0 saturated carbocycles. The zero-order valence-electron chi connectivity index (χ0n) is 13.6. The molecule has 0 aliphatic carbocycles. The van der Waals surface area contributed by atoms with E-state index in [1.165, 1.54) is 0 Å². The number of carbonyl (C=O) groups excluding carboxylic acids is 1. The maximum atomic E-state index is 10.9. The molecule has 23 heavy (non-hydrogen) atoms. The molecule has 2 aromatic rings. The number of aromatic nitrogens is 1. The van der Waals surface area contributed by atoms with E-state index in [0.29, 0.717) is 25.2 Å². The quantitative estimate of drug-likeness (QED) is 0.501. The predicted molar refractivity (Wildman–Crippen MR) is 90.2 cm³/mol. The highest BCUT2D eigenvalue weighted by molar-refractivity contribution is 5.87. The first-order valence-corrected chi connectivity index (χ1v) is 7.50. The van der Waals surface area contributed by atoms with Gasteiger partial charge in [-0.3, -0.25) is 9.78 Å². The summed E-state index contributed by atoms with van der Waals surface area (Å²) in [5, 5.41) is 10.6. The number of benzene rings is 1. The predicted octanol–water partition coefficient (Wildman–Crippen LogP) is 3.60. The molecule has 5 heteroatoms. The number of aromatic hydroxyl groups is 1. The number of carbonyl (C=O) groups is 1. The molecule has 2 rings (SSSR count). The summed E-state index contributed by atoms with van der Waals surface area (Å²) in [7, 11) is 0. The van der Waals surface area contributed by atoms with Crippen LogP contribution in [0.25, 0.3) is 10.9 Å². The maximum Gasteiger partial charge on any atom is 0.305 e. The van der Waals surface area contributed by atoms with E-state index in [-0.39, 0.29) is 18.3 Å². The van der Waals surface area contributed by atoms with E-state index in [1.807, 2.05) is 19.1 Å². The molecule has 0 fully saturated rings. The Hall–Kier alpha value is -2.40. The molecule has 0 atom stereocenters. The Kier molecular flexibility index (Phi) is 8.39. The minimum Gasteiger partial charge on any atom is -0.506 e. The number of pyridine rings is 1. The van der Waals surface area contributed by atoms with Gasteiger partial charge in [-0.2, -0.15) is 0 Å². The van der Waals surface area contributed by atoms with E-state index in [9.17, 15) is 9.90 Å². The Bertz CT molecular complexity index is 640. The van der Waals surface area contributed by atoms with Crippen LogP contribution in [0.3, 0.4) is 0 Å². The second kappa shape index (κ2) is 10.3. The minimum atomic E-state index is -0.229. The number of hydrogen-bond donors (Lipinski definition) is 1. The molecule has 0 spiro atoms. The van der Waals surface area contributed by atoms with Crippen LogP contribution in [0, 0.1) is 0 Å². The smallest absolute Gasteiger partial charge is 0.305 e. The molecule has 5 nitrogen and oxygen atoms in total. The summed E-state index contributed by atoms with van der Waals surface area (Å²) in [6.45, 7) is 7.97. The average Bonchev–Trinajstić information content (AvgIpc) is 2.57. The zero-order valence-corrected chi connectivity index (χ0v) is 13.6. The molecule has 0 unspecified atom stereocenters. The van der Waals surface area contributed by atoms with Crippen molar-refractivity contribution < 1.29 is 19.4 Å². The lowest BCUT2D eigenvalue weighted by Gasteiger charge is -2.08. The number of fused-ring (bicyclic) bond motifs is 1. The van der Waals surface area contributed by atoms with Crippen molar-refractivity contribution in [1.82, 2.24) is 4.98 Å². The summed E-state index contributed by atoms with van der Waals surface area (Å²) in [5.74, 6) is -0.0749. The molecule has 124 valence electrons. The number of phenols is 1. The van der Waals surface area contributed by atoms with E-state index in [4.69, 9.17) is 9.47 Å². The van der Waals surface area contributed by atoms with Crippen LogP contribution in [-0.4, -0.2) is 29.3 Å². The number of hydrogen-bond acceptors (Lipinski definition) is 5. The Morgan fingerprint density at radius 2 is 2.09 bits per heavy atom. The number of rotatable bonds is 6. The lowest BCUT2D eigenvalue weighted by atomic mass is 10.1. The van der Waals surface area contributed by atoms with Crippen molar-refractivity contribution in [1.29, 1.82) is 0 Å². The number of nitrogens with zero attached hydrogens (tertiary/aromatic N) is 1. The highest BCUT2D eigenvalue weighted by Crippen LogP contribution is 2.25. The van der Waals surface area contributed by atoms with Crippen LogP contribution in [0.1, 0.15) is 25.8 Å². The van der Waals surface area contributed by atoms with Gasteiger partial charge in [0.15, 0.2) is 0 Å². The fraction of sp³-hybridized carbons (Fsp3) is 0.333. The van der Waals surface area contributed by atoms with Crippen LogP contribution >= 0.6 is 0 Å². The van der Waals surface area contributed by atoms with E-state index in [2.05, 4.69) is 11.6 Å². The first-order valence-electron chi connectivity index (χ1n) is 7.50. The van der Waals surface area contributed by atoms with Gasteiger partial charge in [0.1, 0.15) is 17.9 Å². The van der Waals surface area contributed by atoms with Crippen LogP contribution in [0.5, 0.6) is 5.75 Å². The molecule has 0 saturated heterocycles. The largest absolute Gasteiger partial charge is 0.506 e. The van der Waals surface area contributed by atoms with Crippen LogP contribution in [-0.2, 0) is 20.9 Å². The van der Waals surface area contributed by atoms with E-state index in [1.54, 1.807) is 31.3 Å². The highest BCUT2D eigenvalue weighted by Gasteiger charge is 2.06. The molecule has 1 aromatic heterocycles. The van der Waals surface area contributed by atoms with Crippen LogP contribution in [0.15, 0.2) is 43.1 Å². The van der Waals surface area contributed by atoms with Crippen molar-refractivity contribution in [2.24, 2.45) is 0 Å². The van der Waals surface area contributed by atoms with Crippen molar-refractivity contribution in [3.05, 3.63) is 48.7 Å². The lowest BCUT2D eigenvalue weighted by molar-refractivity contribution is -0.144. The minimum absolute atomic E-state index is 0.154. The van der Waals surface area contributed by atoms with E-state index in [0.717, 1.165) is 10.9 Å². The zero-order chi connectivity index (χ0) is 17.1. The Labute approximate surface area is 136 Å². The Balaban J connectivity index is 0.000000816. The first kappa shape index (κ1) is 18.6. The molecule has 0 aliphatic rings. The topological polar surface area (TPSA) is 68.7 Å². The second-order valence-electron chi connectivity index (χ2n) is 4.68.